The van der Waals surface area contributed by atoms with Crippen LogP contribution in [-0.4, -0.2) is 37.2 Å². The zero-order chi connectivity index (χ0) is 40.8. The Balaban J connectivity index is 4.45. The molecule has 0 aromatic rings. The van der Waals surface area contributed by atoms with Crippen LogP contribution in [-0.2, 0) is 28.6 Å². The highest BCUT2D eigenvalue weighted by Crippen LogP contribution is 2.11. The Hall–Kier alpha value is -3.41. The molecule has 0 saturated carbocycles. The van der Waals surface area contributed by atoms with Gasteiger partial charge < -0.3 is 14.2 Å². The molecule has 6 nitrogen and oxygen atoms in total. The van der Waals surface area contributed by atoms with Gasteiger partial charge in [-0.2, -0.15) is 0 Å². The van der Waals surface area contributed by atoms with Gasteiger partial charge in [0, 0.05) is 19.3 Å². The van der Waals surface area contributed by atoms with Crippen molar-refractivity contribution in [3.05, 3.63) is 85.1 Å². The lowest BCUT2D eigenvalue weighted by molar-refractivity contribution is -0.167. The van der Waals surface area contributed by atoms with Gasteiger partial charge in [-0.05, 0) is 83.5 Å². The van der Waals surface area contributed by atoms with Crippen LogP contribution >= 0.6 is 0 Å². The number of hydrogen-bond acceptors (Lipinski definition) is 6. The zero-order valence-corrected chi connectivity index (χ0v) is 36.1. The zero-order valence-electron chi connectivity index (χ0n) is 36.1. The second-order valence-corrected chi connectivity index (χ2v) is 14.7. The predicted molar refractivity (Wildman–Crippen MR) is 237 cm³/mol. The highest BCUT2D eigenvalue weighted by atomic mass is 16.6. The number of carbonyl (C=O) groups excluding carboxylic acids is 3. The van der Waals surface area contributed by atoms with Gasteiger partial charge in [0.1, 0.15) is 13.2 Å². The summed E-state index contributed by atoms with van der Waals surface area (Å²) in [7, 11) is 0. The van der Waals surface area contributed by atoms with E-state index in [1.165, 1.54) is 57.8 Å². The molecule has 1 atom stereocenters. The normalized spacial score (nSPS) is 12.8. The first-order valence-corrected chi connectivity index (χ1v) is 22.7. The molecule has 0 radical (unpaired) electrons. The molecule has 0 fully saturated rings. The van der Waals surface area contributed by atoms with Crippen LogP contribution in [0.1, 0.15) is 194 Å². The Bertz CT molecular complexity index is 1120. The Labute approximate surface area is 344 Å². The standard InChI is InChI=1S/C50H82O6/c1-4-7-10-13-16-19-21-22-23-24-25-26-27-29-31-34-37-40-43-49(52)55-46-47(45-54-48(51)42-39-36-33-30-18-15-12-9-6-3)56-50(53)44-41-38-35-32-28-20-17-14-11-8-5-2/h14,16-17,19-26,28,30,33,47H,4-13,15,18,27,29,31-32,34-46H2,1-3H3/b17-14-,19-16-,22-21-,24-23-,26-25-,28-20-,33-30-. The van der Waals surface area contributed by atoms with Gasteiger partial charge in [0.25, 0.3) is 0 Å². The van der Waals surface area contributed by atoms with Crippen molar-refractivity contribution in [1.29, 1.82) is 0 Å². The summed E-state index contributed by atoms with van der Waals surface area (Å²) in [6, 6.07) is 0. The number of hydrogen-bond donors (Lipinski definition) is 0. The van der Waals surface area contributed by atoms with Crippen molar-refractivity contribution in [2.75, 3.05) is 13.2 Å². The molecule has 0 aliphatic carbocycles. The van der Waals surface area contributed by atoms with E-state index in [0.29, 0.717) is 19.3 Å². The SMILES string of the molecule is CCCC/C=C\C=C/CCCCCC(=O)OC(COC(=O)CCC/C=C\CCCCCC)COC(=O)CCCCCCC\C=C/C=C\C=C/C=C\CCCCC. The maximum absolute atomic E-state index is 12.7. The van der Waals surface area contributed by atoms with E-state index in [1.54, 1.807) is 0 Å². The van der Waals surface area contributed by atoms with Crippen LogP contribution in [0.15, 0.2) is 85.1 Å². The lowest BCUT2D eigenvalue weighted by atomic mass is 10.1. The first-order valence-electron chi connectivity index (χ1n) is 22.7. The third kappa shape index (κ3) is 41.7. The van der Waals surface area contributed by atoms with Crippen LogP contribution in [0.2, 0.25) is 0 Å². The molecule has 6 heteroatoms. The quantitative estimate of drug-likeness (QED) is 0.0203. The number of carbonyl (C=O) groups is 3. The van der Waals surface area contributed by atoms with E-state index in [4.69, 9.17) is 14.2 Å². The fourth-order valence-electron chi connectivity index (χ4n) is 5.73. The smallest absolute Gasteiger partial charge is 0.306 e. The van der Waals surface area contributed by atoms with Crippen molar-refractivity contribution >= 4 is 17.9 Å². The minimum absolute atomic E-state index is 0.110. The maximum Gasteiger partial charge on any atom is 0.306 e. The third-order valence-corrected chi connectivity index (χ3v) is 9.21. The molecule has 0 saturated heterocycles. The molecule has 56 heavy (non-hydrogen) atoms. The summed E-state index contributed by atoms with van der Waals surface area (Å²) in [6.45, 7) is 6.41. The number of allylic oxidation sites excluding steroid dienone is 14. The van der Waals surface area contributed by atoms with Gasteiger partial charge in [0.2, 0.25) is 0 Å². The lowest BCUT2D eigenvalue weighted by Crippen LogP contribution is -2.30. The molecule has 318 valence electrons. The molecule has 0 aromatic heterocycles. The minimum atomic E-state index is -0.808. The van der Waals surface area contributed by atoms with E-state index < -0.39 is 6.10 Å². The highest BCUT2D eigenvalue weighted by Gasteiger charge is 2.19. The van der Waals surface area contributed by atoms with Gasteiger partial charge in [-0.3, -0.25) is 14.4 Å². The molecular formula is C50H82O6. The van der Waals surface area contributed by atoms with E-state index in [-0.39, 0.29) is 37.5 Å². The van der Waals surface area contributed by atoms with E-state index in [1.807, 2.05) is 0 Å². The maximum atomic E-state index is 12.7. The van der Waals surface area contributed by atoms with Crippen LogP contribution in [0.5, 0.6) is 0 Å². The van der Waals surface area contributed by atoms with Gasteiger partial charge in [-0.25, -0.2) is 0 Å². The number of ether oxygens (including phenoxy) is 3. The van der Waals surface area contributed by atoms with Crippen LogP contribution in [0.25, 0.3) is 0 Å². The summed E-state index contributed by atoms with van der Waals surface area (Å²) >= 11 is 0. The average molecular weight is 779 g/mol. The molecule has 0 N–H and O–H groups in total. The third-order valence-electron chi connectivity index (χ3n) is 9.21. The topological polar surface area (TPSA) is 78.9 Å². The fraction of sp³-hybridized carbons (Fsp3) is 0.660. The molecule has 0 aliphatic rings. The Morgan fingerprint density at radius 1 is 0.357 bits per heavy atom. The molecule has 0 spiro atoms. The second-order valence-electron chi connectivity index (χ2n) is 14.7. The highest BCUT2D eigenvalue weighted by molar-refractivity contribution is 5.71. The van der Waals surface area contributed by atoms with Crippen LogP contribution in [0.3, 0.4) is 0 Å². The summed E-state index contributed by atoms with van der Waals surface area (Å²) in [5.41, 5.74) is 0. The Morgan fingerprint density at radius 2 is 0.696 bits per heavy atom. The molecule has 0 aromatic carbocycles. The summed E-state index contributed by atoms with van der Waals surface area (Å²) in [4.78, 5) is 37.6. The van der Waals surface area contributed by atoms with Crippen molar-refractivity contribution in [1.82, 2.24) is 0 Å². The van der Waals surface area contributed by atoms with Crippen molar-refractivity contribution < 1.29 is 28.6 Å². The lowest BCUT2D eigenvalue weighted by Gasteiger charge is -2.18. The average Bonchev–Trinajstić information content (AvgIpc) is 3.19. The summed E-state index contributed by atoms with van der Waals surface area (Å²) in [6.07, 6.45) is 55.7. The number of esters is 3. The number of unbranched alkanes of at least 4 members (excludes halogenated alkanes) is 18. The van der Waals surface area contributed by atoms with Gasteiger partial charge in [0.05, 0.1) is 0 Å². The first kappa shape index (κ1) is 52.6. The van der Waals surface area contributed by atoms with Crippen molar-refractivity contribution in [2.45, 2.75) is 200 Å². The fourth-order valence-corrected chi connectivity index (χ4v) is 5.73. The van der Waals surface area contributed by atoms with E-state index in [0.717, 1.165) is 89.9 Å². The van der Waals surface area contributed by atoms with E-state index in [9.17, 15) is 14.4 Å². The van der Waals surface area contributed by atoms with Crippen molar-refractivity contribution in [3.63, 3.8) is 0 Å². The first-order chi connectivity index (χ1) is 27.5. The van der Waals surface area contributed by atoms with Crippen molar-refractivity contribution in [3.8, 4) is 0 Å². The molecular weight excluding hydrogens is 697 g/mol. The molecule has 0 aliphatic heterocycles. The summed E-state index contributed by atoms with van der Waals surface area (Å²) in [5.74, 6) is -1.00. The van der Waals surface area contributed by atoms with E-state index in [2.05, 4.69) is 106 Å². The summed E-state index contributed by atoms with van der Waals surface area (Å²) in [5, 5.41) is 0. The Kier molecular flexibility index (Phi) is 41.6. The van der Waals surface area contributed by atoms with Gasteiger partial charge in [-0.1, -0.05) is 176 Å². The Morgan fingerprint density at radius 3 is 1.25 bits per heavy atom. The van der Waals surface area contributed by atoms with Gasteiger partial charge in [-0.15, -0.1) is 0 Å². The predicted octanol–water partition coefficient (Wildman–Crippen LogP) is 14.5. The van der Waals surface area contributed by atoms with Crippen LogP contribution in [0.4, 0.5) is 0 Å². The molecule has 0 amide bonds. The summed E-state index contributed by atoms with van der Waals surface area (Å²) < 4.78 is 16.6. The molecule has 0 heterocycles. The van der Waals surface area contributed by atoms with Crippen molar-refractivity contribution in [2.24, 2.45) is 0 Å². The van der Waals surface area contributed by atoms with Gasteiger partial charge >= 0.3 is 17.9 Å². The molecule has 1 unspecified atom stereocenters. The largest absolute Gasteiger partial charge is 0.462 e. The van der Waals surface area contributed by atoms with E-state index >= 15 is 0 Å². The minimum Gasteiger partial charge on any atom is -0.462 e. The van der Waals surface area contributed by atoms with Crippen LogP contribution < -0.4 is 0 Å². The molecule has 0 rings (SSSR count). The monoisotopic (exact) mass is 779 g/mol. The molecule has 0 bridgehead atoms. The van der Waals surface area contributed by atoms with Gasteiger partial charge in [0.15, 0.2) is 6.10 Å². The second kappa shape index (κ2) is 44.3. The number of rotatable bonds is 39. The van der Waals surface area contributed by atoms with Crippen LogP contribution in [0, 0.1) is 0 Å².